The van der Waals surface area contributed by atoms with Gasteiger partial charge in [-0.15, -0.1) is 0 Å². The van der Waals surface area contributed by atoms with Gasteiger partial charge >= 0.3 is 6.18 Å². The van der Waals surface area contributed by atoms with Crippen LogP contribution in [0.4, 0.5) is 13.2 Å². The number of imidazole rings is 1. The van der Waals surface area contributed by atoms with Gasteiger partial charge in [-0.25, -0.2) is 4.98 Å². The Morgan fingerprint density at radius 3 is 2.77 bits per heavy atom. The van der Waals surface area contributed by atoms with Crippen LogP contribution in [0.15, 0.2) is 24.5 Å². The number of halogens is 3. The van der Waals surface area contributed by atoms with Crippen molar-refractivity contribution >= 4 is 5.65 Å². The van der Waals surface area contributed by atoms with E-state index in [9.17, 15) is 13.2 Å². The first-order valence-electron chi connectivity index (χ1n) is 3.49. The van der Waals surface area contributed by atoms with E-state index in [0.29, 0.717) is 5.65 Å². The summed E-state index contributed by atoms with van der Waals surface area (Å²) in [7, 11) is 0. The van der Waals surface area contributed by atoms with Gasteiger partial charge in [0.2, 0.25) is 0 Å². The zero-order chi connectivity index (χ0) is 9.47. The number of pyridine rings is 1. The number of hydrogen-bond acceptors (Lipinski definition) is 1. The van der Waals surface area contributed by atoms with E-state index < -0.39 is 11.7 Å². The molecule has 2 aromatic rings. The minimum absolute atomic E-state index is 0.452. The Hall–Kier alpha value is -1.52. The molecule has 0 aromatic carbocycles. The largest absolute Gasteiger partial charge is 0.417 e. The molecular weight excluding hydrogens is 181 g/mol. The lowest BCUT2D eigenvalue weighted by atomic mass is 10.3. The van der Waals surface area contributed by atoms with Crippen LogP contribution < -0.4 is 0 Å². The van der Waals surface area contributed by atoms with Gasteiger partial charge in [-0.2, -0.15) is 13.2 Å². The zero-order valence-electron chi connectivity index (χ0n) is 6.34. The first-order chi connectivity index (χ1) is 6.07. The third-order valence-corrected chi connectivity index (χ3v) is 1.65. The summed E-state index contributed by atoms with van der Waals surface area (Å²) in [5.41, 5.74) is -0.248. The molecule has 67 valence electrons. The molecule has 0 aliphatic heterocycles. The van der Waals surface area contributed by atoms with Gasteiger partial charge in [-0.1, -0.05) is 0 Å². The Morgan fingerprint density at radius 2 is 2.08 bits per heavy atom. The number of alkyl halides is 3. The Morgan fingerprint density at radius 1 is 1.31 bits per heavy atom. The van der Waals surface area contributed by atoms with E-state index in [0.717, 1.165) is 12.3 Å². The maximum absolute atomic E-state index is 12.2. The monoisotopic (exact) mass is 185 g/mol. The highest BCUT2D eigenvalue weighted by atomic mass is 19.4. The smallest absolute Gasteiger partial charge is 0.298 e. The molecule has 2 aromatic heterocycles. The fraction of sp³-hybridized carbons (Fsp3) is 0.125. The van der Waals surface area contributed by atoms with E-state index in [-0.39, 0.29) is 0 Å². The number of nitrogens with zero attached hydrogens (tertiary/aromatic N) is 2. The second kappa shape index (κ2) is 2.48. The van der Waals surface area contributed by atoms with Gasteiger partial charge in [0.05, 0.1) is 18.0 Å². The topological polar surface area (TPSA) is 17.3 Å². The molecule has 0 fully saturated rings. The molecule has 0 amide bonds. The Bertz CT molecular complexity index is 430. The van der Waals surface area contributed by atoms with Crippen molar-refractivity contribution in [3.05, 3.63) is 36.3 Å². The van der Waals surface area contributed by atoms with Crippen LogP contribution in [-0.4, -0.2) is 9.38 Å². The van der Waals surface area contributed by atoms with E-state index in [2.05, 4.69) is 11.2 Å². The summed E-state index contributed by atoms with van der Waals surface area (Å²) < 4.78 is 37.7. The number of fused-ring (bicyclic) bond motifs is 1. The summed E-state index contributed by atoms with van der Waals surface area (Å²) in [6.07, 6.45) is 0.514. The number of aromatic nitrogens is 2. The predicted molar refractivity (Wildman–Crippen MR) is 39.0 cm³/mol. The molecule has 13 heavy (non-hydrogen) atoms. The molecule has 0 atom stereocenters. The number of hydrogen-bond donors (Lipinski definition) is 0. The maximum atomic E-state index is 12.2. The average Bonchev–Trinajstić information content (AvgIpc) is 2.47. The molecule has 0 unspecified atom stereocenters. The Kier molecular flexibility index (Phi) is 1.55. The van der Waals surface area contributed by atoms with Crippen LogP contribution in [0.2, 0.25) is 0 Å². The normalized spacial score (nSPS) is 12.2. The molecular formula is C8H4F3N2. The van der Waals surface area contributed by atoms with Crippen LogP contribution in [0.25, 0.3) is 5.65 Å². The van der Waals surface area contributed by atoms with Crippen LogP contribution in [-0.2, 0) is 6.18 Å². The summed E-state index contributed by atoms with van der Waals surface area (Å²) in [6, 6.07) is 2.30. The highest BCUT2D eigenvalue weighted by Gasteiger charge is 2.30. The maximum Gasteiger partial charge on any atom is 0.417 e. The lowest BCUT2D eigenvalue weighted by Gasteiger charge is -2.05. The molecule has 2 heterocycles. The molecule has 0 bridgehead atoms. The van der Waals surface area contributed by atoms with E-state index >= 15 is 0 Å². The van der Waals surface area contributed by atoms with Crippen molar-refractivity contribution in [1.82, 2.24) is 9.38 Å². The third-order valence-electron chi connectivity index (χ3n) is 1.65. The van der Waals surface area contributed by atoms with Gasteiger partial charge < -0.3 is 0 Å². The summed E-state index contributed by atoms with van der Waals surface area (Å²) >= 11 is 0. The summed E-state index contributed by atoms with van der Waals surface area (Å²) in [5.74, 6) is 0. The minimum atomic E-state index is -4.31. The van der Waals surface area contributed by atoms with E-state index in [1.807, 2.05) is 0 Å². The van der Waals surface area contributed by atoms with Crippen molar-refractivity contribution < 1.29 is 13.2 Å². The van der Waals surface area contributed by atoms with Crippen LogP contribution in [0.3, 0.4) is 0 Å². The summed E-state index contributed by atoms with van der Waals surface area (Å²) in [5, 5.41) is 0. The Balaban J connectivity index is 2.61. The van der Waals surface area contributed by atoms with Gasteiger partial charge in [0.15, 0.2) is 0 Å². The first kappa shape index (κ1) is 8.10. The fourth-order valence-electron chi connectivity index (χ4n) is 1.03. The molecule has 0 N–H and O–H groups in total. The predicted octanol–water partition coefficient (Wildman–Crippen LogP) is 2.15. The summed E-state index contributed by atoms with van der Waals surface area (Å²) in [4.78, 5) is 3.78. The molecule has 2 nitrogen and oxygen atoms in total. The van der Waals surface area contributed by atoms with Gasteiger partial charge in [0, 0.05) is 6.20 Å². The average molecular weight is 185 g/mol. The quantitative estimate of drug-likeness (QED) is 0.614. The van der Waals surface area contributed by atoms with Crippen LogP contribution >= 0.6 is 0 Å². The highest BCUT2D eigenvalue weighted by Crippen LogP contribution is 2.28. The van der Waals surface area contributed by atoms with Crippen molar-refractivity contribution in [3.63, 3.8) is 0 Å². The van der Waals surface area contributed by atoms with Crippen LogP contribution in [0.5, 0.6) is 0 Å². The van der Waals surface area contributed by atoms with Crippen molar-refractivity contribution in [2.24, 2.45) is 0 Å². The van der Waals surface area contributed by atoms with E-state index in [1.165, 1.54) is 16.7 Å². The van der Waals surface area contributed by atoms with Crippen LogP contribution in [0.1, 0.15) is 5.56 Å². The fourth-order valence-corrected chi connectivity index (χ4v) is 1.03. The van der Waals surface area contributed by atoms with Crippen molar-refractivity contribution in [1.29, 1.82) is 0 Å². The van der Waals surface area contributed by atoms with E-state index in [1.54, 1.807) is 0 Å². The van der Waals surface area contributed by atoms with Gasteiger partial charge in [-0.05, 0) is 12.1 Å². The zero-order valence-corrected chi connectivity index (χ0v) is 6.34. The van der Waals surface area contributed by atoms with Gasteiger partial charge in [0.1, 0.15) is 5.65 Å². The van der Waals surface area contributed by atoms with Gasteiger partial charge in [-0.3, -0.25) is 4.40 Å². The summed E-state index contributed by atoms with van der Waals surface area (Å²) in [6.45, 7) is 0. The van der Waals surface area contributed by atoms with Crippen LogP contribution in [0, 0.1) is 6.20 Å². The molecule has 0 spiro atoms. The van der Waals surface area contributed by atoms with Crippen molar-refractivity contribution in [2.45, 2.75) is 6.18 Å². The van der Waals surface area contributed by atoms with Gasteiger partial charge in [0.25, 0.3) is 0 Å². The van der Waals surface area contributed by atoms with E-state index in [4.69, 9.17) is 0 Å². The lowest BCUT2D eigenvalue weighted by molar-refractivity contribution is -0.137. The SMILES string of the molecule is FC(F)(F)c1ccc2nc[c]n2c1. The third kappa shape index (κ3) is 1.37. The second-order valence-electron chi connectivity index (χ2n) is 2.53. The molecule has 5 heteroatoms. The molecule has 0 aliphatic rings. The standard InChI is InChI=1S/C8H4F3N2/c9-8(10,11)6-1-2-7-12-3-4-13(7)5-6/h1-3,5H. The van der Waals surface area contributed by atoms with Crippen molar-refractivity contribution in [2.75, 3.05) is 0 Å². The second-order valence-corrected chi connectivity index (χ2v) is 2.53. The van der Waals surface area contributed by atoms with Crippen molar-refractivity contribution in [3.8, 4) is 0 Å². The highest BCUT2D eigenvalue weighted by molar-refractivity contribution is 5.39. The molecule has 2 rings (SSSR count). The minimum Gasteiger partial charge on any atom is -0.298 e. The number of rotatable bonds is 0. The molecule has 1 radical (unpaired) electrons. The Labute approximate surface area is 71.6 Å². The first-order valence-corrected chi connectivity index (χ1v) is 3.49. The molecule has 0 saturated carbocycles. The lowest BCUT2D eigenvalue weighted by Crippen LogP contribution is -2.05. The molecule has 0 saturated heterocycles. The molecule has 0 aliphatic carbocycles.